The highest BCUT2D eigenvalue weighted by molar-refractivity contribution is 5.88. The van der Waals surface area contributed by atoms with Gasteiger partial charge in [0.15, 0.2) is 0 Å². The maximum absolute atomic E-state index is 13.0. The molecule has 4 nitrogen and oxygen atoms in total. The van der Waals surface area contributed by atoms with E-state index < -0.39 is 11.9 Å². The molecule has 25 heavy (non-hydrogen) atoms. The van der Waals surface area contributed by atoms with Gasteiger partial charge in [-0.15, -0.1) is 0 Å². The Balaban J connectivity index is 1.57. The van der Waals surface area contributed by atoms with E-state index in [-0.39, 0.29) is 17.1 Å². The van der Waals surface area contributed by atoms with Gasteiger partial charge in [0, 0.05) is 0 Å². The Morgan fingerprint density at radius 3 is 2.72 bits per heavy atom. The van der Waals surface area contributed by atoms with Gasteiger partial charge >= 0.3 is 6.18 Å². The first-order valence-corrected chi connectivity index (χ1v) is 8.22. The highest BCUT2D eigenvalue weighted by atomic mass is 19.4. The second-order valence-corrected chi connectivity index (χ2v) is 6.98. The minimum atomic E-state index is -4.43. The Kier molecular flexibility index (Phi) is 2.80. The third-order valence-electron chi connectivity index (χ3n) is 5.43. The van der Waals surface area contributed by atoms with Crippen molar-refractivity contribution >= 4 is 16.9 Å². The Morgan fingerprint density at radius 1 is 1.16 bits per heavy atom. The fourth-order valence-corrected chi connectivity index (χ4v) is 3.99. The van der Waals surface area contributed by atoms with Crippen LogP contribution >= 0.6 is 0 Å². The topological polar surface area (TPSA) is 53.6 Å². The van der Waals surface area contributed by atoms with E-state index in [9.17, 15) is 13.2 Å². The number of aromatic amines is 1. The van der Waals surface area contributed by atoms with E-state index >= 15 is 0 Å². The molecule has 1 saturated carbocycles. The summed E-state index contributed by atoms with van der Waals surface area (Å²) in [6.07, 6.45) is 0.108. The molecule has 2 aliphatic carbocycles. The number of H-pyrrole nitrogens is 1. The Labute approximate surface area is 141 Å². The summed E-state index contributed by atoms with van der Waals surface area (Å²) in [5.41, 5.74) is 2.09. The molecule has 1 fully saturated rings. The predicted molar refractivity (Wildman–Crippen MR) is 87.1 cm³/mol. The fraction of sp³-hybridized carbons (Fsp3) is 0.333. The summed E-state index contributed by atoms with van der Waals surface area (Å²) in [7, 11) is 0. The fourth-order valence-electron chi connectivity index (χ4n) is 3.99. The van der Waals surface area contributed by atoms with Gasteiger partial charge in [0.05, 0.1) is 11.4 Å². The first-order chi connectivity index (χ1) is 12.0. The molecule has 0 saturated heterocycles. The van der Waals surface area contributed by atoms with E-state index in [4.69, 9.17) is 0 Å². The van der Waals surface area contributed by atoms with E-state index in [1.807, 2.05) is 12.1 Å². The molecule has 0 aliphatic heterocycles. The van der Waals surface area contributed by atoms with Gasteiger partial charge in [-0.3, -0.25) is 0 Å². The lowest BCUT2D eigenvalue weighted by Crippen LogP contribution is -2.18. The number of nitrogens with one attached hydrogen (secondary N) is 2. The highest BCUT2D eigenvalue weighted by Crippen LogP contribution is 2.62. The lowest BCUT2D eigenvalue weighted by atomic mass is 9.97. The molecule has 7 heteroatoms. The van der Waals surface area contributed by atoms with Crippen molar-refractivity contribution in [3.63, 3.8) is 0 Å². The number of fused-ring (bicyclic) bond motifs is 2. The second kappa shape index (κ2) is 4.74. The number of hydrogen-bond acceptors (Lipinski definition) is 3. The summed E-state index contributed by atoms with van der Waals surface area (Å²) < 4.78 is 39.0. The van der Waals surface area contributed by atoms with Crippen LogP contribution in [0.4, 0.5) is 19.0 Å². The van der Waals surface area contributed by atoms with Gasteiger partial charge in [-0.1, -0.05) is 24.3 Å². The quantitative estimate of drug-likeness (QED) is 0.721. The van der Waals surface area contributed by atoms with Crippen molar-refractivity contribution in [3.8, 4) is 0 Å². The molecule has 0 amide bonds. The number of nitrogens with zero attached hydrogens (tertiary/aromatic N) is 2. The van der Waals surface area contributed by atoms with Crippen LogP contribution in [-0.4, -0.2) is 15.0 Å². The van der Waals surface area contributed by atoms with Gasteiger partial charge in [0.2, 0.25) is 0 Å². The van der Waals surface area contributed by atoms with Gasteiger partial charge in [-0.05, 0) is 41.9 Å². The Morgan fingerprint density at radius 2 is 1.96 bits per heavy atom. The van der Waals surface area contributed by atoms with Crippen molar-refractivity contribution in [2.24, 2.45) is 5.41 Å². The number of benzene rings is 1. The van der Waals surface area contributed by atoms with Crippen molar-refractivity contribution in [1.82, 2.24) is 15.0 Å². The summed E-state index contributed by atoms with van der Waals surface area (Å²) >= 11 is 0. The molecule has 2 N–H and O–H groups in total. The lowest BCUT2D eigenvalue weighted by Gasteiger charge is -2.22. The van der Waals surface area contributed by atoms with Crippen LogP contribution in [-0.2, 0) is 12.6 Å². The first kappa shape index (κ1) is 14.7. The van der Waals surface area contributed by atoms with Gasteiger partial charge < -0.3 is 10.3 Å². The maximum atomic E-state index is 13.0. The average molecular weight is 344 g/mol. The second-order valence-electron chi connectivity index (χ2n) is 6.98. The molecule has 128 valence electrons. The zero-order valence-corrected chi connectivity index (χ0v) is 13.2. The van der Waals surface area contributed by atoms with Crippen molar-refractivity contribution in [2.45, 2.75) is 31.5 Å². The van der Waals surface area contributed by atoms with Crippen LogP contribution in [0.1, 0.15) is 35.7 Å². The molecule has 3 aromatic rings. The summed E-state index contributed by atoms with van der Waals surface area (Å²) in [5.74, 6) is 0.449. The number of rotatable bonds is 2. The van der Waals surface area contributed by atoms with Crippen LogP contribution in [0.5, 0.6) is 0 Å². The molecule has 2 aromatic heterocycles. The lowest BCUT2D eigenvalue weighted by molar-refractivity contribution is -0.140. The van der Waals surface area contributed by atoms with Crippen LogP contribution in [0.15, 0.2) is 36.7 Å². The number of alkyl halides is 3. The van der Waals surface area contributed by atoms with Crippen LogP contribution in [0.25, 0.3) is 11.0 Å². The number of hydrogen-bond donors (Lipinski definition) is 2. The van der Waals surface area contributed by atoms with Crippen LogP contribution in [0, 0.1) is 5.41 Å². The third kappa shape index (κ3) is 2.22. The molecular weight excluding hydrogens is 329 g/mol. The number of halogens is 3. The van der Waals surface area contributed by atoms with Gasteiger partial charge in [-0.25, -0.2) is 9.97 Å². The van der Waals surface area contributed by atoms with Crippen molar-refractivity contribution < 1.29 is 13.2 Å². The molecule has 1 spiro atoms. The van der Waals surface area contributed by atoms with E-state index in [1.165, 1.54) is 17.5 Å². The largest absolute Gasteiger partial charge is 0.431 e. The summed E-state index contributed by atoms with van der Waals surface area (Å²) in [5, 5.41) is 3.79. The van der Waals surface area contributed by atoms with E-state index in [0.29, 0.717) is 11.2 Å². The zero-order valence-electron chi connectivity index (χ0n) is 13.2. The van der Waals surface area contributed by atoms with Gasteiger partial charge in [0.25, 0.3) is 0 Å². The zero-order chi connectivity index (χ0) is 17.2. The Bertz CT molecular complexity index is 972. The molecule has 0 radical (unpaired) electrons. The highest BCUT2D eigenvalue weighted by Gasteiger charge is 2.54. The minimum Gasteiger partial charge on any atom is -0.362 e. The third-order valence-corrected chi connectivity index (χ3v) is 5.43. The minimum absolute atomic E-state index is 0.0750. The van der Waals surface area contributed by atoms with E-state index in [2.05, 4.69) is 32.4 Å². The SMILES string of the molecule is FC(F)(F)c1cc2c(N[C@H]3c4ccccc4CC34CC4)ncnc2[nH]1. The van der Waals surface area contributed by atoms with Gasteiger partial charge in [-0.2, -0.15) is 13.2 Å². The molecule has 2 heterocycles. The predicted octanol–water partition coefficient (Wildman–Crippen LogP) is 4.47. The molecule has 0 bridgehead atoms. The van der Waals surface area contributed by atoms with Crippen molar-refractivity contribution in [3.05, 3.63) is 53.5 Å². The normalized spacial score (nSPS) is 20.8. The Hall–Kier alpha value is -2.57. The van der Waals surface area contributed by atoms with Gasteiger partial charge in [0.1, 0.15) is 23.5 Å². The molecule has 1 atom stereocenters. The molecule has 2 aliphatic rings. The van der Waals surface area contributed by atoms with Crippen LogP contribution in [0.3, 0.4) is 0 Å². The van der Waals surface area contributed by atoms with Crippen molar-refractivity contribution in [2.75, 3.05) is 5.32 Å². The summed E-state index contributed by atoms with van der Waals surface area (Å²) in [6.45, 7) is 0. The summed E-state index contributed by atoms with van der Waals surface area (Å²) in [4.78, 5) is 10.5. The van der Waals surface area contributed by atoms with E-state index in [0.717, 1.165) is 25.3 Å². The maximum Gasteiger partial charge on any atom is 0.431 e. The standard InChI is InChI=1S/C18H15F3N4/c19-18(20,21)13-7-12-15(24-13)22-9-23-16(12)25-14-11-4-2-1-3-10(11)8-17(14)5-6-17/h1-4,7,9,14H,5-6,8H2,(H2,22,23,24,25)/t14-/m0/s1. The molecular formula is C18H15F3N4. The van der Waals surface area contributed by atoms with Crippen molar-refractivity contribution in [1.29, 1.82) is 0 Å². The molecule has 1 aromatic carbocycles. The van der Waals surface area contributed by atoms with Crippen LogP contribution < -0.4 is 5.32 Å². The summed E-state index contributed by atoms with van der Waals surface area (Å²) in [6, 6.07) is 9.41. The number of aromatic nitrogens is 3. The first-order valence-electron chi connectivity index (χ1n) is 8.22. The number of anilines is 1. The molecule has 0 unspecified atom stereocenters. The molecule has 5 rings (SSSR count). The monoisotopic (exact) mass is 344 g/mol. The van der Waals surface area contributed by atoms with Crippen LogP contribution in [0.2, 0.25) is 0 Å². The van der Waals surface area contributed by atoms with E-state index in [1.54, 1.807) is 0 Å². The smallest absolute Gasteiger partial charge is 0.362 e. The average Bonchev–Trinajstić information content (AvgIpc) is 3.08.